The highest BCUT2D eigenvalue weighted by Crippen LogP contribution is 2.12. The number of aromatic amines is 1. The van der Waals surface area contributed by atoms with Crippen LogP contribution in [0.1, 0.15) is 17.1 Å². The second-order valence-electron chi connectivity index (χ2n) is 6.52. The van der Waals surface area contributed by atoms with Crippen LogP contribution in [0.3, 0.4) is 0 Å². The van der Waals surface area contributed by atoms with E-state index in [1.54, 1.807) is 0 Å². The molecule has 0 saturated carbocycles. The molecule has 130 valence electrons. The van der Waals surface area contributed by atoms with Gasteiger partial charge in [-0.25, -0.2) is 4.98 Å². The van der Waals surface area contributed by atoms with Crippen LogP contribution >= 0.6 is 0 Å². The number of rotatable bonds is 4. The van der Waals surface area contributed by atoms with Crippen molar-refractivity contribution >= 4 is 11.0 Å². The first kappa shape index (κ1) is 16.0. The van der Waals surface area contributed by atoms with E-state index < -0.39 is 0 Å². The molecule has 0 amide bonds. The van der Waals surface area contributed by atoms with E-state index in [2.05, 4.69) is 24.9 Å². The Kier molecular flexibility index (Phi) is 4.33. The van der Waals surface area contributed by atoms with Gasteiger partial charge in [-0.15, -0.1) is 0 Å². The van der Waals surface area contributed by atoms with Crippen LogP contribution in [0.2, 0.25) is 0 Å². The smallest absolute Gasteiger partial charge is 0.271 e. The SMILES string of the molecule is Cc1cc(CN2CCN(Cc3nc4ccccc4[nH]c3=O)CC2)on1. The summed E-state index contributed by atoms with van der Waals surface area (Å²) in [4.78, 5) is 24.3. The minimum absolute atomic E-state index is 0.0988. The number of hydrogen-bond donors (Lipinski definition) is 1. The first-order valence-corrected chi connectivity index (χ1v) is 8.52. The van der Waals surface area contributed by atoms with Crippen molar-refractivity contribution in [2.24, 2.45) is 0 Å². The summed E-state index contributed by atoms with van der Waals surface area (Å²) in [5.41, 5.74) is 3.01. The van der Waals surface area contributed by atoms with Crippen LogP contribution in [0.4, 0.5) is 0 Å². The predicted octanol–water partition coefficient (Wildman–Crippen LogP) is 1.54. The summed E-state index contributed by atoms with van der Waals surface area (Å²) >= 11 is 0. The summed E-state index contributed by atoms with van der Waals surface area (Å²) in [6, 6.07) is 9.60. The van der Waals surface area contributed by atoms with Gasteiger partial charge in [0, 0.05) is 38.8 Å². The molecule has 3 heterocycles. The van der Waals surface area contributed by atoms with Crippen LogP contribution in [-0.4, -0.2) is 51.1 Å². The van der Waals surface area contributed by atoms with Gasteiger partial charge in [0.2, 0.25) is 0 Å². The number of nitrogens with zero attached hydrogens (tertiary/aromatic N) is 4. The molecule has 1 saturated heterocycles. The normalized spacial score (nSPS) is 16.5. The van der Waals surface area contributed by atoms with Crippen molar-refractivity contribution in [2.45, 2.75) is 20.0 Å². The summed E-state index contributed by atoms with van der Waals surface area (Å²) in [5.74, 6) is 0.901. The summed E-state index contributed by atoms with van der Waals surface area (Å²) in [7, 11) is 0. The van der Waals surface area contributed by atoms with Gasteiger partial charge in [-0.3, -0.25) is 14.6 Å². The summed E-state index contributed by atoms with van der Waals surface area (Å²) < 4.78 is 5.29. The lowest BCUT2D eigenvalue weighted by Crippen LogP contribution is -2.46. The molecule has 7 nitrogen and oxygen atoms in total. The molecular weight excluding hydrogens is 318 g/mol. The molecule has 0 radical (unpaired) electrons. The van der Waals surface area contributed by atoms with Crippen molar-refractivity contribution < 1.29 is 4.52 Å². The molecule has 7 heteroatoms. The Morgan fingerprint density at radius 1 is 1.12 bits per heavy atom. The van der Waals surface area contributed by atoms with Gasteiger partial charge in [0.25, 0.3) is 5.56 Å². The molecule has 0 atom stereocenters. The summed E-state index contributed by atoms with van der Waals surface area (Å²) in [6.07, 6.45) is 0. The number of para-hydroxylation sites is 2. The van der Waals surface area contributed by atoms with Gasteiger partial charge in [0.1, 0.15) is 5.69 Å². The van der Waals surface area contributed by atoms with Gasteiger partial charge in [-0.05, 0) is 19.1 Å². The Morgan fingerprint density at radius 2 is 1.84 bits per heavy atom. The fourth-order valence-corrected chi connectivity index (χ4v) is 3.20. The molecule has 1 fully saturated rings. The zero-order valence-corrected chi connectivity index (χ0v) is 14.2. The number of piperazine rings is 1. The highest BCUT2D eigenvalue weighted by molar-refractivity contribution is 5.73. The Bertz CT molecular complexity index is 924. The minimum atomic E-state index is -0.0988. The van der Waals surface area contributed by atoms with Gasteiger partial charge >= 0.3 is 0 Å². The fraction of sp³-hybridized carbons (Fsp3) is 0.389. The quantitative estimate of drug-likeness (QED) is 0.777. The van der Waals surface area contributed by atoms with E-state index >= 15 is 0 Å². The van der Waals surface area contributed by atoms with Crippen molar-refractivity contribution in [1.82, 2.24) is 24.9 Å². The average Bonchev–Trinajstić information content (AvgIpc) is 3.02. The van der Waals surface area contributed by atoms with Crippen LogP contribution in [0.15, 0.2) is 39.6 Å². The highest BCUT2D eigenvalue weighted by atomic mass is 16.5. The number of aromatic nitrogens is 3. The monoisotopic (exact) mass is 339 g/mol. The largest absolute Gasteiger partial charge is 0.360 e. The molecule has 4 rings (SSSR count). The Morgan fingerprint density at radius 3 is 2.56 bits per heavy atom. The molecule has 0 unspecified atom stereocenters. The lowest BCUT2D eigenvalue weighted by atomic mass is 10.2. The van der Waals surface area contributed by atoms with Crippen molar-refractivity contribution in [3.63, 3.8) is 0 Å². The molecule has 25 heavy (non-hydrogen) atoms. The molecule has 0 aliphatic carbocycles. The molecule has 0 spiro atoms. The maximum Gasteiger partial charge on any atom is 0.271 e. The predicted molar refractivity (Wildman–Crippen MR) is 94.2 cm³/mol. The van der Waals surface area contributed by atoms with Gasteiger partial charge < -0.3 is 9.51 Å². The zero-order valence-electron chi connectivity index (χ0n) is 14.2. The maximum atomic E-state index is 12.2. The lowest BCUT2D eigenvalue weighted by Gasteiger charge is -2.33. The third-order valence-electron chi connectivity index (χ3n) is 4.56. The second kappa shape index (κ2) is 6.78. The first-order valence-electron chi connectivity index (χ1n) is 8.52. The van der Waals surface area contributed by atoms with Crippen LogP contribution in [0, 0.1) is 6.92 Å². The number of hydrogen-bond acceptors (Lipinski definition) is 6. The van der Waals surface area contributed by atoms with Crippen molar-refractivity contribution in [2.75, 3.05) is 26.2 Å². The van der Waals surface area contributed by atoms with E-state index in [-0.39, 0.29) is 5.56 Å². The third-order valence-corrected chi connectivity index (χ3v) is 4.56. The second-order valence-corrected chi connectivity index (χ2v) is 6.52. The minimum Gasteiger partial charge on any atom is -0.360 e. The van der Waals surface area contributed by atoms with Gasteiger partial charge in [0.05, 0.1) is 23.3 Å². The summed E-state index contributed by atoms with van der Waals surface area (Å²) in [5, 5.41) is 3.93. The number of fused-ring (bicyclic) bond motifs is 1. The average molecular weight is 339 g/mol. The lowest BCUT2D eigenvalue weighted by molar-refractivity contribution is 0.112. The first-order chi connectivity index (χ1) is 12.2. The fourth-order valence-electron chi connectivity index (χ4n) is 3.20. The molecule has 2 aromatic heterocycles. The van der Waals surface area contributed by atoms with E-state index in [0.717, 1.165) is 55.2 Å². The van der Waals surface area contributed by atoms with E-state index in [9.17, 15) is 4.79 Å². The highest BCUT2D eigenvalue weighted by Gasteiger charge is 2.20. The standard InChI is InChI=1S/C18H21N5O2/c1-13-10-14(25-21-13)11-22-6-8-23(9-7-22)12-17-18(24)20-16-5-3-2-4-15(16)19-17/h2-5,10H,6-9,11-12H2,1H3,(H,20,24). The number of H-pyrrole nitrogens is 1. The summed E-state index contributed by atoms with van der Waals surface area (Å²) in [6.45, 7) is 6.97. The molecule has 1 aliphatic heterocycles. The van der Waals surface area contributed by atoms with Gasteiger partial charge in [0.15, 0.2) is 5.76 Å². The van der Waals surface area contributed by atoms with Crippen LogP contribution < -0.4 is 5.56 Å². The number of benzene rings is 1. The molecule has 0 bridgehead atoms. The molecule has 1 aliphatic rings. The van der Waals surface area contributed by atoms with Crippen LogP contribution in [0.5, 0.6) is 0 Å². The van der Waals surface area contributed by atoms with E-state index in [1.807, 2.05) is 37.3 Å². The zero-order chi connectivity index (χ0) is 17.2. The molecule has 1 aromatic carbocycles. The molecular formula is C18H21N5O2. The van der Waals surface area contributed by atoms with E-state index in [1.165, 1.54) is 0 Å². The van der Waals surface area contributed by atoms with Gasteiger partial charge in [-0.1, -0.05) is 17.3 Å². The number of nitrogens with one attached hydrogen (secondary N) is 1. The van der Waals surface area contributed by atoms with Gasteiger partial charge in [-0.2, -0.15) is 0 Å². The molecule has 3 aromatic rings. The Balaban J connectivity index is 1.38. The Hall–Kier alpha value is -2.51. The topological polar surface area (TPSA) is 78.3 Å². The van der Waals surface area contributed by atoms with Crippen molar-refractivity contribution in [3.05, 3.63) is 57.8 Å². The van der Waals surface area contributed by atoms with Crippen LogP contribution in [-0.2, 0) is 13.1 Å². The van der Waals surface area contributed by atoms with E-state index in [0.29, 0.717) is 12.2 Å². The Labute approximate surface area is 145 Å². The van der Waals surface area contributed by atoms with Crippen LogP contribution in [0.25, 0.3) is 11.0 Å². The molecule has 1 N–H and O–H groups in total. The third kappa shape index (κ3) is 3.62. The van der Waals surface area contributed by atoms with E-state index in [4.69, 9.17) is 4.52 Å². The van der Waals surface area contributed by atoms with Crippen molar-refractivity contribution in [3.8, 4) is 0 Å². The number of aryl methyl sites for hydroxylation is 1. The van der Waals surface area contributed by atoms with Crippen molar-refractivity contribution in [1.29, 1.82) is 0 Å². The maximum absolute atomic E-state index is 12.2.